The fraction of sp³-hybridized carbons (Fsp3) is 0.517. The molecule has 3 fully saturated rings. The number of nitrogens with zero attached hydrogens (tertiary/aromatic N) is 4. The van der Waals surface area contributed by atoms with Gasteiger partial charge in [-0.1, -0.05) is 18.9 Å². The van der Waals surface area contributed by atoms with Gasteiger partial charge in [-0.25, -0.2) is 13.9 Å². The SMILES string of the molecule is COC(=O)[C@@H]1C[C@H]1c1ccc(-c2cc3nc(C(=O)N4CCCCC[C@H]4C)cc(C4(C)COC4)n3n2)c(F)c1. The summed E-state index contributed by atoms with van der Waals surface area (Å²) < 4.78 is 27.4. The smallest absolute Gasteiger partial charge is 0.309 e. The van der Waals surface area contributed by atoms with Gasteiger partial charge in [0.05, 0.1) is 43.0 Å². The number of fused-ring (bicyclic) bond motifs is 1. The summed E-state index contributed by atoms with van der Waals surface area (Å²) >= 11 is 0. The maximum Gasteiger partial charge on any atom is 0.309 e. The number of aromatic nitrogens is 3. The third-order valence-corrected chi connectivity index (χ3v) is 8.41. The Morgan fingerprint density at radius 1 is 1.16 bits per heavy atom. The van der Waals surface area contributed by atoms with E-state index in [-0.39, 0.29) is 35.2 Å². The normalized spacial score (nSPS) is 24.5. The van der Waals surface area contributed by atoms with E-state index in [1.807, 2.05) is 17.0 Å². The van der Waals surface area contributed by atoms with Crippen LogP contribution in [-0.2, 0) is 19.7 Å². The van der Waals surface area contributed by atoms with E-state index in [0.29, 0.717) is 42.2 Å². The van der Waals surface area contributed by atoms with E-state index in [4.69, 9.17) is 19.6 Å². The monoisotopic (exact) mass is 520 g/mol. The number of likely N-dealkylation sites (tertiary alicyclic amines) is 1. The summed E-state index contributed by atoms with van der Waals surface area (Å²) in [5.74, 6) is -0.966. The maximum atomic E-state index is 15.3. The van der Waals surface area contributed by atoms with E-state index in [2.05, 4.69) is 13.8 Å². The summed E-state index contributed by atoms with van der Waals surface area (Å²) in [6.45, 7) is 5.94. The van der Waals surface area contributed by atoms with Gasteiger partial charge in [0.1, 0.15) is 11.5 Å². The van der Waals surface area contributed by atoms with Crippen molar-refractivity contribution in [3.8, 4) is 11.3 Å². The number of hydrogen-bond donors (Lipinski definition) is 0. The molecule has 3 atom stereocenters. The molecule has 4 heterocycles. The first-order valence-electron chi connectivity index (χ1n) is 13.5. The van der Waals surface area contributed by atoms with Crippen LogP contribution in [0.4, 0.5) is 4.39 Å². The van der Waals surface area contributed by atoms with Crippen molar-refractivity contribution >= 4 is 17.5 Å². The van der Waals surface area contributed by atoms with Crippen molar-refractivity contribution in [3.63, 3.8) is 0 Å². The molecule has 0 bridgehead atoms. The zero-order valence-corrected chi connectivity index (χ0v) is 22.1. The van der Waals surface area contributed by atoms with Crippen LogP contribution in [0.5, 0.6) is 0 Å². The second kappa shape index (κ2) is 9.45. The van der Waals surface area contributed by atoms with Crippen molar-refractivity contribution in [2.75, 3.05) is 26.9 Å². The number of halogens is 1. The molecule has 6 rings (SSSR count). The second-order valence-corrected chi connectivity index (χ2v) is 11.3. The van der Waals surface area contributed by atoms with Gasteiger partial charge < -0.3 is 14.4 Å². The van der Waals surface area contributed by atoms with Crippen LogP contribution in [-0.4, -0.2) is 64.3 Å². The lowest BCUT2D eigenvalue weighted by molar-refractivity contribution is -0.142. The van der Waals surface area contributed by atoms with Crippen LogP contribution in [0.3, 0.4) is 0 Å². The van der Waals surface area contributed by atoms with Crippen LogP contribution < -0.4 is 0 Å². The minimum Gasteiger partial charge on any atom is -0.469 e. The number of carbonyl (C=O) groups excluding carboxylic acids is 2. The molecule has 1 saturated carbocycles. The highest BCUT2D eigenvalue weighted by atomic mass is 19.1. The first kappa shape index (κ1) is 25.0. The number of carbonyl (C=O) groups is 2. The molecule has 0 N–H and O–H groups in total. The van der Waals surface area contributed by atoms with Crippen LogP contribution in [0, 0.1) is 11.7 Å². The molecule has 0 radical (unpaired) electrons. The average molecular weight is 521 g/mol. The van der Waals surface area contributed by atoms with Gasteiger partial charge in [-0.15, -0.1) is 0 Å². The van der Waals surface area contributed by atoms with Crippen molar-refractivity contribution in [3.05, 3.63) is 53.1 Å². The van der Waals surface area contributed by atoms with Gasteiger partial charge in [-0.2, -0.15) is 5.10 Å². The van der Waals surface area contributed by atoms with E-state index in [9.17, 15) is 9.59 Å². The minimum atomic E-state index is -0.407. The Morgan fingerprint density at radius 3 is 2.68 bits per heavy atom. The van der Waals surface area contributed by atoms with E-state index < -0.39 is 5.82 Å². The molecule has 9 heteroatoms. The molecule has 200 valence electrons. The Kier molecular flexibility index (Phi) is 6.21. The number of benzene rings is 1. The van der Waals surface area contributed by atoms with Crippen LogP contribution >= 0.6 is 0 Å². The van der Waals surface area contributed by atoms with E-state index in [0.717, 1.165) is 43.5 Å². The maximum absolute atomic E-state index is 15.3. The fourth-order valence-corrected chi connectivity index (χ4v) is 5.87. The predicted octanol–water partition coefficient (Wildman–Crippen LogP) is 4.50. The zero-order valence-electron chi connectivity index (χ0n) is 22.1. The highest BCUT2D eigenvalue weighted by Gasteiger charge is 2.45. The van der Waals surface area contributed by atoms with Gasteiger partial charge in [0.2, 0.25) is 0 Å². The molecule has 2 aliphatic heterocycles. The van der Waals surface area contributed by atoms with Gasteiger partial charge in [-0.3, -0.25) is 9.59 Å². The molecule has 1 amide bonds. The van der Waals surface area contributed by atoms with Gasteiger partial charge in [-0.05, 0) is 62.8 Å². The van der Waals surface area contributed by atoms with Crippen molar-refractivity contribution in [2.24, 2.45) is 5.92 Å². The van der Waals surface area contributed by atoms with E-state index in [1.165, 1.54) is 13.2 Å². The Bertz CT molecular complexity index is 1420. The third-order valence-electron chi connectivity index (χ3n) is 8.41. The number of rotatable bonds is 5. The Balaban J connectivity index is 1.37. The molecular weight excluding hydrogens is 487 g/mol. The van der Waals surface area contributed by atoms with Crippen LogP contribution in [0.1, 0.15) is 73.6 Å². The van der Waals surface area contributed by atoms with Gasteiger partial charge >= 0.3 is 5.97 Å². The van der Waals surface area contributed by atoms with Crippen LogP contribution in [0.25, 0.3) is 16.9 Å². The molecule has 2 aromatic heterocycles. The van der Waals surface area contributed by atoms with Crippen LogP contribution in [0.2, 0.25) is 0 Å². The molecule has 1 aliphatic carbocycles. The number of methoxy groups -OCH3 is 1. The quantitative estimate of drug-likeness (QED) is 0.461. The summed E-state index contributed by atoms with van der Waals surface area (Å²) in [7, 11) is 1.37. The summed E-state index contributed by atoms with van der Waals surface area (Å²) in [5, 5.41) is 4.74. The van der Waals surface area contributed by atoms with Gasteiger partial charge in [0.25, 0.3) is 5.91 Å². The van der Waals surface area contributed by atoms with Crippen molar-refractivity contribution < 1.29 is 23.5 Å². The number of esters is 1. The summed E-state index contributed by atoms with van der Waals surface area (Å²) in [5.41, 5.74) is 2.99. The molecule has 38 heavy (non-hydrogen) atoms. The van der Waals surface area contributed by atoms with Crippen molar-refractivity contribution in [1.29, 1.82) is 0 Å². The lowest BCUT2D eigenvalue weighted by Crippen LogP contribution is -2.46. The minimum absolute atomic E-state index is 0.0196. The summed E-state index contributed by atoms with van der Waals surface area (Å²) in [6.07, 6.45) is 4.89. The average Bonchev–Trinajstić information content (AvgIpc) is 3.63. The lowest BCUT2D eigenvalue weighted by Gasteiger charge is -2.38. The van der Waals surface area contributed by atoms with Crippen LogP contribution in [0.15, 0.2) is 30.3 Å². The van der Waals surface area contributed by atoms with E-state index in [1.54, 1.807) is 16.6 Å². The zero-order chi connectivity index (χ0) is 26.6. The van der Waals surface area contributed by atoms with Crippen molar-refractivity contribution in [1.82, 2.24) is 19.5 Å². The molecule has 0 unspecified atom stereocenters. The number of hydrogen-bond acceptors (Lipinski definition) is 6. The number of ether oxygens (including phenoxy) is 2. The Morgan fingerprint density at radius 2 is 1.97 bits per heavy atom. The topological polar surface area (TPSA) is 86.0 Å². The van der Waals surface area contributed by atoms with Gasteiger partial charge in [0.15, 0.2) is 5.65 Å². The molecule has 0 spiro atoms. The second-order valence-electron chi connectivity index (χ2n) is 11.3. The molecule has 1 aromatic carbocycles. The largest absolute Gasteiger partial charge is 0.469 e. The lowest BCUT2D eigenvalue weighted by atomic mass is 9.84. The molecule has 2 saturated heterocycles. The summed E-state index contributed by atoms with van der Waals surface area (Å²) in [4.78, 5) is 32.1. The summed E-state index contributed by atoms with van der Waals surface area (Å²) in [6, 6.07) is 8.78. The van der Waals surface area contributed by atoms with E-state index >= 15 is 4.39 Å². The van der Waals surface area contributed by atoms with Crippen molar-refractivity contribution in [2.45, 2.75) is 63.3 Å². The molecular formula is C29H33FN4O4. The Labute approximate surface area is 221 Å². The number of amides is 1. The molecule has 3 aromatic rings. The third kappa shape index (κ3) is 4.26. The highest BCUT2D eigenvalue weighted by molar-refractivity contribution is 5.93. The fourth-order valence-electron chi connectivity index (χ4n) is 5.87. The van der Waals surface area contributed by atoms with Gasteiger partial charge in [0, 0.05) is 24.2 Å². The predicted molar refractivity (Wildman–Crippen MR) is 138 cm³/mol. The first-order chi connectivity index (χ1) is 18.3. The standard InChI is InChI=1S/C29H33FN4O4/c1-17-7-5-4-6-10-33(17)27(35)24-13-25(29(2)15-38-16-29)34-26(31-24)14-23(32-34)19-9-8-18(11-22(19)30)20-12-21(20)28(36)37-3/h8-9,11,13-14,17,20-21H,4-7,10,12,15-16H2,1-3H3/t17-,20+,21-/m1/s1. The molecule has 8 nitrogen and oxygen atoms in total. The first-order valence-corrected chi connectivity index (χ1v) is 13.5. The Hall–Kier alpha value is -3.33. The highest BCUT2D eigenvalue weighted by Crippen LogP contribution is 2.48. The molecule has 3 aliphatic rings.